The number of carbonyl (C=O) groups excluding carboxylic acids is 1. The van der Waals surface area contributed by atoms with Gasteiger partial charge < -0.3 is 4.90 Å². The lowest BCUT2D eigenvalue weighted by atomic mass is 9.68. The summed E-state index contributed by atoms with van der Waals surface area (Å²) in [6.45, 7) is 6.34. The molecule has 12 heavy (non-hydrogen) atoms. The molecular formula is C10H17NO. The largest absolute Gasteiger partial charge is 0.342 e. The van der Waals surface area contributed by atoms with Crippen LogP contribution in [0, 0.1) is 17.8 Å². The molecule has 0 spiro atoms. The van der Waals surface area contributed by atoms with E-state index in [0.29, 0.717) is 12.3 Å². The van der Waals surface area contributed by atoms with E-state index in [1.165, 1.54) is 6.42 Å². The number of amides is 1. The molecular weight excluding hydrogens is 150 g/mol. The summed E-state index contributed by atoms with van der Waals surface area (Å²) in [6.07, 6.45) is 2.02. The van der Waals surface area contributed by atoms with E-state index >= 15 is 0 Å². The Morgan fingerprint density at radius 3 is 2.75 bits per heavy atom. The summed E-state index contributed by atoms with van der Waals surface area (Å²) in [5.74, 6) is 2.89. The van der Waals surface area contributed by atoms with Crippen molar-refractivity contribution in [2.45, 2.75) is 26.7 Å². The van der Waals surface area contributed by atoms with Crippen molar-refractivity contribution in [3.8, 4) is 0 Å². The van der Waals surface area contributed by atoms with Gasteiger partial charge in [-0.25, -0.2) is 0 Å². The lowest BCUT2D eigenvalue weighted by Crippen LogP contribution is -2.33. The van der Waals surface area contributed by atoms with E-state index < -0.39 is 0 Å². The Morgan fingerprint density at radius 2 is 2.25 bits per heavy atom. The third-order valence-corrected chi connectivity index (χ3v) is 3.55. The average molecular weight is 167 g/mol. The average Bonchev–Trinajstić information content (AvgIpc) is 2.41. The maximum Gasteiger partial charge on any atom is 0.222 e. The highest BCUT2D eigenvalue weighted by Gasteiger charge is 2.45. The number of fused-ring (bicyclic) bond motifs is 1. The number of hydrogen-bond donors (Lipinski definition) is 0. The Hall–Kier alpha value is -0.530. The monoisotopic (exact) mass is 167 g/mol. The van der Waals surface area contributed by atoms with Crippen molar-refractivity contribution in [1.82, 2.24) is 4.90 Å². The molecule has 68 valence electrons. The van der Waals surface area contributed by atoms with Crippen molar-refractivity contribution in [2.75, 3.05) is 13.1 Å². The second kappa shape index (κ2) is 2.75. The molecule has 0 N–H and O–H groups in total. The summed E-state index contributed by atoms with van der Waals surface area (Å²) in [5, 5.41) is 0. The molecule has 0 aromatic heterocycles. The van der Waals surface area contributed by atoms with E-state index in [1.54, 1.807) is 0 Å². The SMILES string of the molecule is CCC(=O)N1CC2C[C@@H](C)C2C1. The summed E-state index contributed by atoms with van der Waals surface area (Å²) < 4.78 is 0. The van der Waals surface area contributed by atoms with Crippen molar-refractivity contribution in [3.05, 3.63) is 0 Å². The fourth-order valence-corrected chi connectivity index (χ4v) is 2.67. The molecule has 1 aliphatic heterocycles. The number of nitrogens with zero attached hydrogens (tertiary/aromatic N) is 1. The summed E-state index contributed by atoms with van der Waals surface area (Å²) in [7, 11) is 0. The van der Waals surface area contributed by atoms with Crippen LogP contribution in [0.2, 0.25) is 0 Å². The highest BCUT2D eigenvalue weighted by Crippen LogP contribution is 2.45. The van der Waals surface area contributed by atoms with Crippen LogP contribution in [0.5, 0.6) is 0 Å². The van der Waals surface area contributed by atoms with E-state index in [4.69, 9.17) is 0 Å². The van der Waals surface area contributed by atoms with Crippen LogP contribution >= 0.6 is 0 Å². The molecule has 1 amide bonds. The van der Waals surface area contributed by atoms with Gasteiger partial charge >= 0.3 is 0 Å². The molecule has 0 aromatic carbocycles. The molecule has 2 heteroatoms. The molecule has 0 aromatic rings. The number of rotatable bonds is 1. The fraction of sp³-hybridized carbons (Fsp3) is 0.900. The molecule has 2 aliphatic rings. The first-order valence-electron chi connectivity index (χ1n) is 5.00. The van der Waals surface area contributed by atoms with Gasteiger partial charge in [-0.2, -0.15) is 0 Å². The van der Waals surface area contributed by atoms with E-state index in [9.17, 15) is 4.79 Å². The number of hydrogen-bond acceptors (Lipinski definition) is 1. The Kier molecular flexibility index (Phi) is 1.85. The minimum absolute atomic E-state index is 0.344. The van der Waals surface area contributed by atoms with E-state index in [0.717, 1.165) is 30.8 Å². The van der Waals surface area contributed by atoms with Gasteiger partial charge in [0.15, 0.2) is 0 Å². The van der Waals surface area contributed by atoms with Gasteiger partial charge in [-0.3, -0.25) is 4.79 Å². The second-order valence-corrected chi connectivity index (χ2v) is 4.29. The van der Waals surface area contributed by atoms with Crippen molar-refractivity contribution >= 4 is 5.91 Å². The highest BCUT2D eigenvalue weighted by atomic mass is 16.2. The van der Waals surface area contributed by atoms with Crippen molar-refractivity contribution < 1.29 is 4.79 Å². The van der Waals surface area contributed by atoms with Crippen molar-refractivity contribution in [2.24, 2.45) is 17.8 Å². The Labute approximate surface area is 73.9 Å². The zero-order valence-corrected chi connectivity index (χ0v) is 7.92. The van der Waals surface area contributed by atoms with Gasteiger partial charge in [0.25, 0.3) is 0 Å². The predicted molar refractivity (Wildman–Crippen MR) is 47.6 cm³/mol. The molecule has 2 fully saturated rings. The van der Waals surface area contributed by atoms with Crippen molar-refractivity contribution in [3.63, 3.8) is 0 Å². The predicted octanol–water partition coefficient (Wildman–Crippen LogP) is 1.51. The fourth-order valence-electron chi connectivity index (χ4n) is 2.67. The maximum atomic E-state index is 11.4. The standard InChI is InChI=1S/C10H17NO/c1-3-10(12)11-5-8-4-7(2)9(8)6-11/h7-9H,3-6H2,1-2H3/t7-,8?,9?/m1/s1. The first-order chi connectivity index (χ1) is 5.72. The number of carbonyl (C=O) groups is 1. The van der Waals surface area contributed by atoms with Gasteiger partial charge in [0.1, 0.15) is 0 Å². The van der Waals surface area contributed by atoms with Crippen LogP contribution in [0.4, 0.5) is 0 Å². The Bertz CT molecular complexity index is 202. The molecule has 1 saturated carbocycles. The van der Waals surface area contributed by atoms with Crippen LogP contribution in [0.1, 0.15) is 26.7 Å². The van der Waals surface area contributed by atoms with Crippen LogP contribution in [0.25, 0.3) is 0 Å². The van der Waals surface area contributed by atoms with E-state index in [-0.39, 0.29) is 0 Å². The Balaban J connectivity index is 1.94. The quantitative estimate of drug-likeness (QED) is 0.579. The smallest absolute Gasteiger partial charge is 0.222 e. The molecule has 0 radical (unpaired) electrons. The summed E-state index contributed by atoms with van der Waals surface area (Å²) in [6, 6.07) is 0. The molecule has 1 saturated heterocycles. The van der Waals surface area contributed by atoms with E-state index in [2.05, 4.69) is 11.8 Å². The first-order valence-corrected chi connectivity index (χ1v) is 5.00. The maximum absolute atomic E-state index is 11.4. The van der Waals surface area contributed by atoms with Crippen molar-refractivity contribution in [1.29, 1.82) is 0 Å². The van der Waals surface area contributed by atoms with Gasteiger partial charge in [0, 0.05) is 19.5 Å². The molecule has 2 unspecified atom stereocenters. The summed E-state index contributed by atoms with van der Waals surface area (Å²) in [5.41, 5.74) is 0. The topological polar surface area (TPSA) is 20.3 Å². The molecule has 1 heterocycles. The van der Waals surface area contributed by atoms with Gasteiger partial charge in [-0.05, 0) is 24.2 Å². The lowest BCUT2D eigenvalue weighted by Gasteiger charge is -2.36. The highest BCUT2D eigenvalue weighted by molar-refractivity contribution is 5.76. The van der Waals surface area contributed by atoms with E-state index in [1.807, 2.05) is 6.92 Å². The number of likely N-dealkylation sites (tertiary alicyclic amines) is 1. The summed E-state index contributed by atoms with van der Waals surface area (Å²) in [4.78, 5) is 13.4. The first kappa shape index (κ1) is 8.09. The third kappa shape index (κ3) is 1.05. The Morgan fingerprint density at radius 1 is 1.50 bits per heavy atom. The minimum atomic E-state index is 0.344. The van der Waals surface area contributed by atoms with Gasteiger partial charge in [0.05, 0.1) is 0 Å². The van der Waals surface area contributed by atoms with Gasteiger partial charge in [-0.1, -0.05) is 13.8 Å². The zero-order valence-electron chi connectivity index (χ0n) is 7.92. The lowest BCUT2D eigenvalue weighted by molar-refractivity contribution is -0.129. The van der Waals surface area contributed by atoms with Crippen LogP contribution in [0.15, 0.2) is 0 Å². The van der Waals surface area contributed by atoms with Crippen LogP contribution in [0.3, 0.4) is 0 Å². The molecule has 2 rings (SSSR count). The molecule has 3 atom stereocenters. The normalized spacial score (nSPS) is 39.2. The molecule has 1 aliphatic carbocycles. The van der Waals surface area contributed by atoms with Crippen LogP contribution in [-0.2, 0) is 4.79 Å². The second-order valence-electron chi connectivity index (χ2n) is 4.29. The third-order valence-electron chi connectivity index (χ3n) is 3.55. The minimum Gasteiger partial charge on any atom is -0.342 e. The van der Waals surface area contributed by atoms with Crippen LogP contribution in [-0.4, -0.2) is 23.9 Å². The van der Waals surface area contributed by atoms with Gasteiger partial charge in [-0.15, -0.1) is 0 Å². The molecule has 0 bridgehead atoms. The molecule has 2 nitrogen and oxygen atoms in total. The zero-order chi connectivity index (χ0) is 8.72. The van der Waals surface area contributed by atoms with Gasteiger partial charge in [0.2, 0.25) is 5.91 Å². The van der Waals surface area contributed by atoms with Crippen LogP contribution < -0.4 is 0 Å². The summed E-state index contributed by atoms with van der Waals surface area (Å²) >= 11 is 0.